The maximum atomic E-state index is 8.84. The first-order valence-electron chi connectivity index (χ1n) is 5.45. The Bertz CT molecular complexity index is 343. The van der Waals surface area contributed by atoms with Gasteiger partial charge >= 0.3 is 0 Å². The number of nitriles is 2. The lowest BCUT2D eigenvalue weighted by Gasteiger charge is -2.36. The SMILES string of the molecule is N#CC(C#N)=C1CC[C@H]2CSCC[C@@H]2C1. The summed E-state index contributed by atoms with van der Waals surface area (Å²) in [5, 5.41) is 17.7. The van der Waals surface area contributed by atoms with Crippen molar-refractivity contribution < 1.29 is 0 Å². The van der Waals surface area contributed by atoms with E-state index in [1.807, 2.05) is 12.1 Å². The van der Waals surface area contributed by atoms with Gasteiger partial charge in [0.1, 0.15) is 17.7 Å². The summed E-state index contributed by atoms with van der Waals surface area (Å²) in [7, 11) is 0. The van der Waals surface area contributed by atoms with Crippen molar-refractivity contribution in [1.29, 1.82) is 10.5 Å². The van der Waals surface area contributed by atoms with E-state index in [2.05, 4.69) is 11.8 Å². The summed E-state index contributed by atoms with van der Waals surface area (Å²) in [5.74, 6) is 4.12. The number of hydrogen-bond acceptors (Lipinski definition) is 3. The Labute approximate surface area is 95.0 Å². The zero-order valence-electron chi connectivity index (χ0n) is 8.70. The molecule has 3 heteroatoms. The molecular formula is C12H14N2S. The molecule has 2 nitrogen and oxygen atoms in total. The van der Waals surface area contributed by atoms with E-state index in [-0.39, 0.29) is 0 Å². The van der Waals surface area contributed by atoms with Gasteiger partial charge < -0.3 is 0 Å². The van der Waals surface area contributed by atoms with E-state index in [1.54, 1.807) is 0 Å². The minimum atomic E-state index is 0.381. The standard InChI is InChI=1S/C12H14N2S/c13-6-12(7-14)9-1-2-11-8-15-4-3-10(11)5-9/h10-11H,1-5,8H2/t10-,11+/m1/s1. The second kappa shape index (κ2) is 4.73. The molecule has 0 aromatic heterocycles. The minimum absolute atomic E-state index is 0.381. The zero-order valence-corrected chi connectivity index (χ0v) is 9.52. The van der Waals surface area contributed by atoms with Crippen molar-refractivity contribution in [3.8, 4) is 12.1 Å². The molecule has 0 aromatic carbocycles. The molecule has 0 aromatic rings. The zero-order chi connectivity index (χ0) is 10.7. The van der Waals surface area contributed by atoms with Gasteiger partial charge in [-0.15, -0.1) is 0 Å². The maximum absolute atomic E-state index is 8.84. The van der Waals surface area contributed by atoms with Crippen LogP contribution in [0, 0.1) is 34.5 Å². The van der Waals surface area contributed by atoms with Gasteiger partial charge in [-0.1, -0.05) is 0 Å². The van der Waals surface area contributed by atoms with Crippen molar-refractivity contribution in [3.63, 3.8) is 0 Å². The van der Waals surface area contributed by atoms with Crippen molar-refractivity contribution in [1.82, 2.24) is 0 Å². The monoisotopic (exact) mass is 218 g/mol. The number of thioether (sulfide) groups is 1. The summed E-state index contributed by atoms with van der Waals surface area (Å²) in [6.07, 6.45) is 4.42. The van der Waals surface area contributed by atoms with Gasteiger partial charge in [-0.3, -0.25) is 0 Å². The van der Waals surface area contributed by atoms with Gasteiger partial charge in [0, 0.05) is 0 Å². The van der Waals surface area contributed by atoms with E-state index in [4.69, 9.17) is 10.5 Å². The average molecular weight is 218 g/mol. The van der Waals surface area contributed by atoms with Gasteiger partial charge in [-0.05, 0) is 54.6 Å². The normalized spacial score (nSPS) is 29.9. The lowest BCUT2D eigenvalue weighted by molar-refractivity contribution is 0.290. The van der Waals surface area contributed by atoms with Crippen LogP contribution >= 0.6 is 11.8 Å². The highest BCUT2D eigenvalue weighted by Gasteiger charge is 2.30. The first-order chi connectivity index (χ1) is 7.35. The molecule has 0 unspecified atom stereocenters. The molecule has 2 atom stereocenters. The number of allylic oxidation sites excluding steroid dienone is 2. The van der Waals surface area contributed by atoms with Crippen molar-refractivity contribution in [2.45, 2.75) is 25.7 Å². The van der Waals surface area contributed by atoms with Crippen LogP contribution in [0.4, 0.5) is 0 Å². The fourth-order valence-electron chi connectivity index (χ4n) is 2.62. The molecule has 0 spiro atoms. The van der Waals surface area contributed by atoms with E-state index in [0.717, 1.165) is 30.3 Å². The third kappa shape index (κ3) is 2.19. The molecule has 0 amide bonds. The molecule has 1 saturated carbocycles. The topological polar surface area (TPSA) is 47.6 Å². The van der Waals surface area contributed by atoms with Crippen LogP contribution in [-0.2, 0) is 0 Å². The molecule has 78 valence electrons. The number of nitrogens with zero attached hydrogens (tertiary/aromatic N) is 2. The molecular weight excluding hydrogens is 204 g/mol. The van der Waals surface area contributed by atoms with Crippen LogP contribution in [-0.4, -0.2) is 11.5 Å². The van der Waals surface area contributed by atoms with E-state index in [9.17, 15) is 0 Å². The molecule has 1 saturated heterocycles. The Morgan fingerprint density at radius 2 is 2.00 bits per heavy atom. The van der Waals surface area contributed by atoms with E-state index < -0.39 is 0 Å². The van der Waals surface area contributed by atoms with Crippen LogP contribution in [0.15, 0.2) is 11.1 Å². The Balaban J connectivity index is 2.13. The Hall–Kier alpha value is -0.930. The molecule has 2 aliphatic rings. The quantitative estimate of drug-likeness (QED) is 0.587. The first-order valence-corrected chi connectivity index (χ1v) is 6.60. The fourth-order valence-corrected chi connectivity index (χ4v) is 3.99. The van der Waals surface area contributed by atoms with Crippen molar-refractivity contribution in [3.05, 3.63) is 11.1 Å². The highest BCUT2D eigenvalue weighted by Crippen LogP contribution is 2.41. The molecule has 0 N–H and O–H groups in total. The molecule has 0 radical (unpaired) electrons. The van der Waals surface area contributed by atoms with Gasteiger partial charge in [0.2, 0.25) is 0 Å². The highest BCUT2D eigenvalue weighted by atomic mass is 32.2. The summed E-state index contributed by atoms with van der Waals surface area (Å²) in [6.45, 7) is 0. The van der Waals surface area contributed by atoms with Crippen LogP contribution in [0.3, 0.4) is 0 Å². The van der Waals surface area contributed by atoms with Gasteiger partial charge in [-0.2, -0.15) is 22.3 Å². The molecule has 2 rings (SSSR count). The predicted molar refractivity (Wildman–Crippen MR) is 61.0 cm³/mol. The Kier molecular flexibility index (Phi) is 3.34. The molecule has 2 fully saturated rings. The van der Waals surface area contributed by atoms with E-state index >= 15 is 0 Å². The first kappa shape index (κ1) is 10.6. The van der Waals surface area contributed by atoms with Crippen molar-refractivity contribution >= 4 is 11.8 Å². The maximum Gasteiger partial charge on any atom is 0.128 e. The van der Waals surface area contributed by atoms with E-state index in [1.165, 1.54) is 24.3 Å². The second-order valence-corrected chi connectivity index (χ2v) is 5.48. The molecule has 15 heavy (non-hydrogen) atoms. The third-order valence-corrected chi connectivity index (χ3v) is 4.72. The summed E-state index contributed by atoms with van der Waals surface area (Å²) in [6, 6.07) is 4.06. The fraction of sp³-hybridized carbons (Fsp3) is 0.667. The van der Waals surface area contributed by atoms with Crippen molar-refractivity contribution in [2.75, 3.05) is 11.5 Å². The average Bonchev–Trinajstić information content (AvgIpc) is 2.30. The summed E-state index contributed by atoms with van der Waals surface area (Å²) < 4.78 is 0. The lowest BCUT2D eigenvalue weighted by atomic mass is 9.75. The van der Waals surface area contributed by atoms with Gasteiger partial charge in [-0.25, -0.2) is 0 Å². The Morgan fingerprint density at radius 1 is 1.20 bits per heavy atom. The number of hydrogen-bond donors (Lipinski definition) is 0. The van der Waals surface area contributed by atoms with Crippen LogP contribution in [0.5, 0.6) is 0 Å². The second-order valence-electron chi connectivity index (χ2n) is 4.33. The number of rotatable bonds is 0. The molecule has 0 bridgehead atoms. The smallest absolute Gasteiger partial charge is 0.128 e. The summed E-state index contributed by atoms with van der Waals surface area (Å²) in [4.78, 5) is 0. The highest BCUT2D eigenvalue weighted by molar-refractivity contribution is 7.99. The number of fused-ring (bicyclic) bond motifs is 1. The minimum Gasteiger partial charge on any atom is -0.192 e. The molecule has 1 aliphatic carbocycles. The van der Waals surface area contributed by atoms with E-state index in [0.29, 0.717) is 5.57 Å². The lowest BCUT2D eigenvalue weighted by Crippen LogP contribution is -2.27. The van der Waals surface area contributed by atoms with Gasteiger partial charge in [0.25, 0.3) is 0 Å². The predicted octanol–water partition coefficient (Wildman–Crippen LogP) is 2.88. The summed E-state index contributed by atoms with van der Waals surface area (Å²) in [5.41, 5.74) is 1.50. The molecule has 1 aliphatic heterocycles. The summed E-state index contributed by atoms with van der Waals surface area (Å²) >= 11 is 2.06. The largest absolute Gasteiger partial charge is 0.192 e. The molecule has 1 heterocycles. The van der Waals surface area contributed by atoms with Gasteiger partial charge in [0.05, 0.1) is 0 Å². The van der Waals surface area contributed by atoms with Crippen molar-refractivity contribution in [2.24, 2.45) is 11.8 Å². The van der Waals surface area contributed by atoms with Crippen LogP contribution < -0.4 is 0 Å². The van der Waals surface area contributed by atoms with Crippen LogP contribution in [0.25, 0.3) is 0 Å². The van der Waals surface area contributed by atoms with Gasteiger partial charge in [0.15, 0.2) is 0 Å². The van der Waals surface area contributed by atoms with Crippen LogP contribution in [0.2, 0.25) is 0 Å². The van der Waals surface area contributed by atoms with Crippen LogP contribution in [0.1, 0.15) is 25.7 Å². The third-order valence-electron chi connectivity index (χ3n) is 3.53. The Morgan fingerprint density at radius 3 is 2.73 bits per heavy atom.